The number of piperidine rings is 1. The Bertz CT molecular complexity index is 178. The SMILES string of the molecule is CNCC#CC1CCCCN1C. The van der Waals surface area contributed by atoms with Gasteiger partial charge >= 0.3 is 0 Å². The minimum atomic E-state index is 0.507. The lowest BCUT2D eigenvalue weighted by Gasteiger charge is -2.28. The predicted octanol–water partition coefficient (Wildman–Crippen LogP) is 0.694. The molecule has 0 spiro atoms. The molecule has 1 saturated heterocycles. The van der Waals surface area contributed by atoms with Gasteiger partial charge in [0.1, 0.15) is 0 Å². The van der Waals surface area contributed by atoms with E-state index in [2.05, 4.69) is 29.1 Å². The molecule has 2 heteroatoms. The lowest BCUT2D eigenvalue weighted by atomic mass is 10.0. The van der Waals surface area contributed by atoms with E-state index in [4.69, 9.17) is 0 Å². The van der Waals surface area contributed by atoms with Crippen LogP contribution in [0.2, 0.25) is 0 Å². The second kappa shape index (κ2) is 5.18. The smallest absolute Gasteiger partial charge is 0.0712 e. The second-order valence-electron chi connectivity index (χ2n) is 3.34. The van der Waals surface area contributed by atoms with Crippen molar-refractivity contribution in [2.45, 2.75) is 25.3 Å². The van der Waals surface area contributed by atoms with E-state index in [-0.39, 0.29) is 0 Å². The van der Waals surface area contributed by atoms with Gasteiger partial charge in [-0.15, -0.1) is 0 Å². The van der Waals surface area contributed by atoms with Crippen molar-refractivity contribution in [3.8, 4) is 11.8 Å². The number of hydrogen-bond acceptors (Lipinski definition) is 2. The highest BCUT2D eigenvalue weighted by Crippen LogP contribution is 2.13. The van der Waals surface area contributed by atoms with Crippen LogP contribution in [-0.4, -0.2) is 38.1 Å². The monoisotopic (exact) mass is 166 g/mol. The van der Waals surface area contributed by atoms with E-state index in [0.717, 1.165) is 6.54 Å². The summed E-state index contributed by atoms with van der Waals surface area (Å²) in [6.07, 6.45) is 3.91. The summed E-state index contributed by atoms with van der Waals surface area (Å²) in [5.74, 6) is 6.42. The molecule has 1 aliphatic heterocycles. The minimum Gasteiger partial charge on any atom is -0.309 e. The first-order valence-electron chi connectivity index (χ1n) is 4.68. The highest BCUT2D eigenvalue weighted by atomic mass is 15.1. The first-order valence-corrected chi connectivity index (χ1v) is 4.68. The van der Waals surface area contributed by atoms with Crippen LogP contribution in [0.3, 0.4) is 0 Å². The average molecular weight is 166 g/mol. The Kier molecular flexibility index (Phi) is 4.13. The largest absolute Gasteiger partial charge is 0.309 e. The summed E-state index contributed by atoms with van der Waals surface area (Å²) in [4.78, 5) is 2.35. The summed E-state index contributed by atoms with van der Waals surface area (Å²) < 4.78 is 0. The first-order chi connectivity index (χ1) is 5.84. The lowest BCUT2D eigenvalue weighted by molar-refractivity contribution is 0.229. The molecule has 0 aromatic rings. The molecule has 68 valence electrons. The number of rotatable bonds is 1. The molecule has 0 saturated carbocycles. The van der Waals surface area contributed by atoms with Crippen molar-refractivity contribution in [1.82, 2.24) is 10.2 Å². The Balaban J connectivity index is 2.34. The summed E-state index contributed by atoms with van der Waals surface area (Å²) in [6.45, 7) is 2.02. The van der Waals surface area contributed by atoms with Crippen molar-refractivity contribution in [3.05, 3.63) is 0 Å². The molecule has 0 aromatic carbocycles. The zero-order valence-electron chi connectivity index (χ0n) is 8.06. The van der Waals surface area contributed by atoms with E-state index in [1.165, 1.54) is 25.8 Å². The highest BCUT2D eigenvalue weighted by Gasteiger charge is 2.15. The van der Waals surface area contributed by atoms with Crippen LogP contribution in [0.15, 0.2) is 0 Å². The molecule has 0 aromatic heterocycles. The van der Waals surface area contributed by atoms with E-state index >= 15 is 0 Å². The van der Waals surface area contributed by atoms with Gasteiger partial charge in [0.15, 0.2) is 0 Å². The third kappa shape index (κ3) is 2.84. The van der Waals surface area contributed by atoms with Crippen LogP contribution in [0.4, 0.5) is 0 Å². The van der Waals surface area contributed by atoms with Crippen LogP contribution in [0.5, 0.6) is 0 Å². The molecule has 1 rings (SSSR count). The van der Waals surface area contributed by atoms with E-state index in [0.29, 0.717) is 6.04 Å². The number of hydrogen-bond donors (Lipinski definition) is 1. The van der Waals surface area contributed by atoms with Crippen molar-refractivity contribution < 1.29 is 0 Å². The maximum Gasteiger partial charge on any atom is 0.0712 e. The van der Waals surface area contributed by atoms with Crippen molar-refractivity contribution in [1.29, 1.82) is 0 Å². The fourth-order valence-electron chi connectivity index (χ4n) is 1.51. The standard InChI is InChI=1S/C10H18N2/c1-11-8-5-7-10-6-3-4-9-12(10)2/h10-11H,3-4,6,8-9H2,1-2H3. The Hall–Kier alpha value is -0.520. The van der Waals surface area contributed by atoms with E-state index in [1.54, 1.807) is 0 Å². The molecule has 12 heavy (non-hydrogen) atoms. The van der Waals surface area contributed by atoms with Gasteiger partial charge in [-0.05, 0) is 39.9 Å². The van der Waals surface area contributed by atoms with Gasteiger partial charge in [-0.3, -0.25) is 4.90 Å². The van der Waals surface area contributed by atoms with Crippen LogP contribution >= 0.6 is 0 Å². The molecule has 0 bridgehead atoms. The van der Waals surface area contributed by atoms with Gasteiger partial charge in [0.25, 0.3) is 0 Å². The van der Waals surface area contributed by atoms with Crippen LogP contribution in [0.1, 0.15) is 19.3 Å². The van der Waals surface area contributed by atoms with Gasteiger partial charge in [-0.25, -0.2) is 0 Å². The zero-order chi connectivity index (χ0) is 8.81. The molecule has 0 aliphatic carbocycles. The fraction of sp³-hybridized carbons (Fsp3) is 0.800. The van der Waals surface area contributed by atoms with E-state index in [1.807, 2.05) is 7.05 Å². The van der Waals surface area contributed by atoms with Gasteiger partial charge in [-0.2, -0.15) is 0 Å². The molecular formula is C10H18N2. The summed E-state index contributed by atoms with van der Waals surface area (Å²) in [7, 11) is 4.09. The number of nitrogens with zero attached hydrogens (tertiary/aromatic N) is 1. The Morgan fingerprint density at radius 2 is 2.33 bits per heavy atom. The van der Waals surface area contributed by atoms with E-state index in [9.17, 15) is 0 Å². The normalized spacial score (nSPS) is 24.7. The lowest BCUT2D eigenvalue weighted by Crippen LogP contribution is -2.35. The van der Waals surface area contributed by atoms with E-state index < -0.39 is 0 Å². The molecule has 0 amide bonds. The first kappa shape index (κ1) is 9.57. The third-order valence-electron chi connectivity index (χ3n) is 2.30. The summed E-state index contributed by atoms with van der Waals surface area (Å²) in [5, 5.41) is 3.03. The Labute approximate surface area is 75.3 Å². The van der Waals surface area contributed by atoms with Crippen molar-refractivity contribution in [2.75, 3.05) is 27.2 Å². The van der Waals surface area contributed by atoms with Crippen molar-refractivity contribution in [3.63, 3.8) is 0 Å². The summed E-state index contributed by atoms with van der Waals surface area (Å²) in [5.41, 5.74) is 0. The van der Waals surface area contributed by atoms with Crippen LogP contribution in [-0.2, 0) is 0 Å². The molecule has 1 heterocycles. The molecule has 1 N–H and O–H groups in total. The average Bonchev–Trinajstić information content (AvgIpc) is 2.09. The molecule has 1 fully saturated rings. The minimum absolute atomic E-state index is 0.507. The van der Waals surface area contributed by atoms with Gasteiger partial charge in [0.2, 0.25) is 0 Å². The Morgan fingerprint density at radius 3 is 3.00 bits per heavy atom. The topological polar surface area (TPSA) is 15.3 Å². The molecular weight excluding hydrogens is 148 g/mol. The van der Waals surface area contributed by atoms with Crippen molar-refractivity contribution in [2.24, 2.45) is 0 Å². The molecule has 1 atom stereocenters. The Morgan fingerprint density at radius 1 is 1.50 bits per heavy atom. The van der Waals surface area contributed by atoms with Gasteiger partial charge in [0, 0.05) is 0 Å². The fourth-order valence-corrected chi connectivity index (χ4v) is 1.51. The summed E-state index contributed by atoms with van der Waals surface area (Å²) >= 11 is 0. The third-order valence-corrected chi connectivity index (χ3v) is 2.30. The summed E-state index contributed by atoms with van der Waals surface area (Å²) in [6, 6.07) is 0.507. The predicted molar refractivity (Wildman–Crippen MR) is 52.0 cm³/mol. The van der Waals surface area contributed by atoms with Gasteiger partial charge in [-0.1, -0.05) is 11.8 Å². The van der Waals surface area contributed by atoms with Crippen LogP contribution in [0, 0.1) is 11.8 Å². The quantitative estimate of drug-likeness (QED) is 0.577. The molecule has 1 aliphatic rings. The van der Waals surface area contributed by atoms with Gasteiger partial charge in [0.05, 0.1) is 12.6 Å². The zero-order valence-corrected chi connectivity index (χ0v) is 8.06. The van der Waals surface area contributed by atoms with Gasteiger partial charge < -0.3 is 5.32 Å². The molecule has 2 nitrogen and oxygen atoms in total. The maximum atomic E-state index is 3.29. The van der Waals surface area contributed by atoms with Crippen LogP contribution in [0.25, 0.3) is 0 Å². The number of likely N-dealkylation sites (tertiary alicyclic amines) is 1. The van der Waals surface area contributed by atoms with Crippen LogP contribution < -0.4 is 5.32 Å². The molecule has 1 unspecified atom stereocenters. The number of nitrogens with one attached hydrogen (secondary N) is 1. The highest BCUT2D eigenvalue weighted by molar-refractivity contribution is 5.09. The molecule has 0 radical (unpaired) electrons. The van der Waals surface area contributed by atoms with Crippen molar-refractivity contribution >= 4 is 0 Å². The maximum absolute atomic E-state index is 3.29. The second-order valence-corrected chi connectivity index (χ2v) is 3.34.